The van der Waals surface area contributed by atoms with E-state index in [-0.39, 0.29) is 0 Å². The predicted molar refractivity (Wildman–Crippen MR) is 149 cm³/mol. The molecular weight excluding hydrogens is 470 g/mol. The number of primary amides is 1. The van der Waals surface area contributed by atoms with Gasteiger partial charge in [0.05, 0.1) is 22.7 Å². The number of nitrogens with zero attached hydrogens (tertiary/aromatic N) is 2. The first-order valence-corrected chi connectivity index (χ1v) is 12.4. The molecule has 0 saturated heterocycles. The Morgan fingerprint density at radius 1 is 0.632 bits per heavy atom. The minimum absolute atomic E-state index is 0.323. The standard InChI is InChI=1S/C33H25N3O2/c34-32(37)27-19-10-11-21-30(27)38-31-22-12-20-29-28(31)23-35-36(29)33(24-13-4-1-5-14-24,25-15-6-2-7-16-25)26-17-8-3-9-18-26/h1-23H,(H2,34,37). The minimum atomic E-state index is -0.755. The Bertz CT molecular complexity index is 1610. The highest BCUT2D eigenvalue weighted by Crippen LogP contribution is 2.43. The number of fused-ring (bicyclic) bond motifs is 1. The van der Waals surface area contributed by atoms with Gasteiger partial charge in [-0.25, -0.2) is 4.68 Å². The summed E-state index contributed by atoms with van der Waals surface area (Å²) in [4.78, 5) is 12.0. The molecule has 1 amide bonds. The molecule has 0 spiro atoms. The number of amides is 1. The highest BCUT2D eigenvalue weighted by molar-refractivity contribution is 5.96. The number of carbonyl (C=O) groups excluding carboxylic acids is 1. The normalized spacial score (nSPS) is 11.4. The lowest BCUT2D eigenvalue weighted by atomic mass is 9.77. The number of benzene rings is 5. The van der Waals surface area contributed by atoms with E-state index >= 15 is 0 Å². The molecule has 5 aromatic carbocycles. The lowest BCUT2D eigenvalue weighted by molar-refractivity contribution is 0.0998. The van der Waals surface area contributed by atoms with Gasteiger partial charge in [-0.3, -0.25) is 4.79 Å². The van der Waals surface area contributed by atoms with Crippen molar-refractivity contribution in [2.24, 2.45) is 5.73 Å². The van der Waals surface area contributed by atoms with Crippen LogP contribution >= 0.6 is 0 Å². The topological polar surface area (TPSA) is 70.1 Å². The molecule has 0 bridgehead atoms. The van der Waals surface area contributed by atoms with Gasteiger partial charge < -0.3 is 10.5 Å². The van der Waals surface area contributed by atoms with Gasteiger partial charge >= 0.3 is 0 Å². The molecule has 6 rings (SSSR count). The summed E-state index contributed by atoms with van der Waals surface area (Å²) in [5, 5.41) is 5.82. The maximum Gasteiger partial charge on any atom is 0.252 e. The van der Waals surface area contributed by atoms with Gasteiger partial charge in [0.2, 0.25) is 0 Å². The van der Waals surface area contributed by atoms with Gasteiger partial charge in [0.1, 0.15) is 17.0 Å². The number of hydrogen-bond acceptors (Lipinski definition) is 3. The van der Waals surface area contributed by atoms with Crippen molar-refractivity contribution in [3.05, 3.63) is 162 Å². The zero-order valence-electron chi connectivity index (χ0n) is 20.6. The number of aromatic nitrogens is 2. The van der Waals surface area contributed by atoms with Gasteiger partial charge in [-0.2, -0.15) is 5.10 Å². The molecule has 1 heterocycles. The van der Waals surface area contributed by atoms with Crippen molar-refractivity contribution in [3.8, 4) is 11.5 Å². The van der Waals surface area contributed by atoms with Gasteiger partial charge in [-0.05, 0) is 41.0 Å². The molecule has 5 heteroatoms. The summed E-state index contributed by atoms with van der Waals surface area (Å²) in [6, 6.07) is 44.0. The minimum Gasteiger partial charge on any atom is -0.456 e. The Balaban J connectivity index is 1.63. The van der Waals surface area contributed by atoms with Crippen molar-refractivity contribution < 1.29 is 9.53 Å². The van der Waals surface area contributed by atoms with Crippen LogP contribution in [0.25, 0.3) is 10.9 Å². The van der Waals surface area contributed by atoms with Crippen LogP contribution in [0.4, 0.5) is 0 Å². The number of nitrogens with two attached hydrogens (primary N) is 1. The first kappa shape index (κ1) is 23.3. The number of ether oxygens (including phenoxy) is 1. The van der Waals surface area contributed by atoms with Gasteiger partial charge in [0.15, 0.2) is 0 Å². The molecule has 1 aromatic heterocycles. The van der Waals surface area contributed by atoms with Crippen LogP contribution in [0, 0.1) is 0 Å². The number of para-hydroxylation sites is 1. The number of hydrogen-bond donors (Lipinski definition) is 1. The van der Waals surface area contributed by atoms with E-state index in [4.69, 9.17) is 15.6 Å². The number of rotatable bonds is 7. The van der Waals surface area contributed by atoms with Crippen LogP contribution in [0.5, 0.6) is 11.5 Å². The molecular formula is C33H25N3O2. The number of carbonyl (C=O) groups is 1. The van der Waals surface area contributed by atoms with Crippen LogP contribution in [0.1, 0.15) is 27.0 Å². The summed E-state index contributed by atoms with van der Waals surface area (Å²) in [5.41, 5.74) is 9.28. The summed E-state index contributed by atoms with van der Waals surface area (Å²) in [5.74, 6) is 0.450. The Morgan fingerprint density at radius 3 is 1.68 bits per heavy atom. The highest BCUT2D eigenvalue weighted by atomic mass is 16.5. The smallest absolute Gasteiger partial charge is 0.252 e. The van der Waals surface area contributed by atoms with E-state index in [2.05, 4.69) is 77.5 Å². The lowest BCUT2D eigenvalue weighted by Gasteiger charge is -2.37. The van der Waals surface area contributed by atoms with E-state index in [0.29, 0.717) is 17.1 Å². The third-order valence-corrected chi connectivity index (χ3v) is 6.84. The van der Waals surface area contributed by atoms with Crippen LogP contribution in [-0.2, 0) is 5.54 Å². The van der Waals surface area contributed by atoms with Gasteiger partial charge in [-0.15, -0.1) is 0 Å². The molecule has 0 saturated carbocycles. The second kappa shape index (κ2) is 9.71. The Kier molecular flexibility index (Phi) is 5.94. The molecule has 0 aliphatic carbocycles. The van der Waals surface area contributed by atoms with Crippen LogP contribution < -0.4 is 10.5 Å². The van der Waals surface area contributed by atoms with Crippen molar-refractivity contribution in [2.75, 3.05) is 0 Å². The Morgan fingerprint density at radius 2 is 1.13 bits per heavy atom. The first-order valence-electron chi connectivity index (χ1n) is 12.4. The van der Waals surface area contributed by atoms with E-state index in [1.54, 1.807) is 18.2 Å². The van der Waals surface area contributed by atoms with E-state index < -0.39 is 11.4 Å². The van der Waals surface area contributed by atoms with Crippen LogP contribution in [0.15, 0.2) is 140 Å². The van der Waals surface area contributed by atoms with Gasteiger partial charge in [0.25, 0.3) is 5.91 Å². The molecule has 0 fully saturated rings. The maximum absolute atomic E-state index is 12.0. The van der Waals surface area contributed by atoms with E-state index in [1.807, 2.05) is 48.7 Å². The van der Waals surface area contributed by atoms with Gasteiger partial charge in [0, 0.05) is 0 Å². The van der Waals surface area contributed by atoms with Crippen molar-refractivity contribution in [1.82, 2.24) is 9.78 Å². The largest absolute Gasteiger partial charge is 0.456 e. The molecule has 0 unspecified atom stereocenters. The average molecular weight is 496 g/mol. The summed E-state index contributed by atoms with van der Waals surface area (Å²) in [7, 11) is 0. The maximum atomic E-state index is 12.0. The monoisotopic (exact) mass is 495 g/mol. The fourth-order valence-corrected chi connectivity index (χ4v) is 5.16. The zero-order chi connectivity index (χ0) is 26.0. The molecule has 6 aromatic rings. The Hall–Kier alpha value is -5.16. The quantitative estimate of drug-likeness (QED) is 0.249. The summed E-state index contributed by atoms with van der Waals surface area (Å²) < 4.78 is 8.34. The molecule has 0 atom stereocenters. The average Bonchev–Trinajstić information content (AvgIpc) is 3.41. The molecule has 0 aliphatic heterocycles. The molecule has 0 radical (unpaired) electrons. The van der Waals surface area contributed by atoms with Crippen molar-refractivity contribution in [1.29, 1.82) is 0 Å². The summed E-state index contributed by atoms with van der Waals surface area (Å²) in [6.07, 6.45) is 1.82. The van der Waals surface area contributed by atoms with Crippen LogP contribution in [0.3, 0.4) is 0 Å². The summed E-state index contributed by atoms with van der Waals surface area (Å²) >= 11 is 0. The van der Waals surface area contributed by atoms with Crippen LogP contribution in [-0.4, -0.2) is 15.7 Å². The summed E-state index contributed by atoms with van der Waals surface area (Å²) in [6.45, 7) is 0. The SMILES string of the molecule is NC(=O)c1ccccc1Oc1cccc2c1cnn2C(c1ccccc1)(c1ccccc1)c1ccccc1. The van der Waals surface area contributed by atoms with E-state index in [0.717, 1.165) is 27.6 Å². The predicted octanol–water partition coefficient (Wildman–Crippen LogP) is 6.77. The third-order valence-electron chi connectivity index (χ3n) is 6.84. The molecule has 38 heavy (non-hydrogen) atoms. The molecule has 184 valence electrons. The molecule has 5 nitrogen and oxygen atoms in total. The lowest BCUT2D eigenvalue weighted by Crippen LogP contribution is -2.38. The highest BCUT2D eigenvalue weighted by Gasteiger charge is 2.40. The fourth-order valence-electron chi connectivity index (χ4n) is 5.16. The third kappa shape index (κ3) is 3.82. The fraction of sp³-hybridized carbons (Fsp3) is 0.0303. The first-order chi connectivity index (χ1) is 18.7. The van der Waals surface area contributed by atoms with Crippen molar-refractivity contribution >= 4 is 16.8 Å². The Labute approximate surface area is 220 Å². The second-order valence-electron chi connectivity index (χ2n) is 9.02. The second-order valence-corrected chi connectivity index (χ2v) is 9.02. The van der Waals surface area contributed by atoms with E-state index in [1.165, 1.54) is 0 Å². The zero-order valence-corrected chi connectivity index (χ0v) is 20.6. The van der Waals surface area contributed by atoms with E-state index in [9.17, 15) is 4.79 Å². The van der Waals surface area contributed by atoms with Crippen molar-refractivity contribution in [3.63, 3.8) is 0 Å². The van der Waals surface area contributed by atoms with Gasteiger partial charge in [-0.1, -0.05) is 109 Å². The molecule has 2 N–H and O–H groups in total. The van der Waals surface area contributed by atoms with Crippen LogP contribution in [0.2, 0.25) is 0 Å². The molecule has 0 aliphatic rings. The van der Waals surface area contributed by atoms with Crippen molar-refractivity contribution in [2.45, 2.75) is 5.54 Å².